The number of piperidine rings is 1. The second kappa shape index (κ2) is 2.74. The highest BCUT2D eigenvalue weighted by Crippen LogP contribution is 2.39. The van der Waals surface area contributed by atoms with Gasteiger partial charge in [0, 0.05) is 6.54 Å². The zero-order valence-corrected chi connectivity index (χ0v) is 7.71. The molecular formula is C10H16N2. The van der Waals surface area contributed by atoms with Crippen LogP contribution in [0, 0.1) is 17.2 Å². The van der Waals surface area contributed by atoms with Crippen molar-refractivity contribution in [3.8, 4) is 6.07 Å². The predicted molar refractivity (Wildman–Crippen MR) is 47.5 cm³/mol. The molecule has 2 fully saturated rings. The van der Waals surface area contributed by atoms with Crippen molar-refractivity contribution in [2.24, 2.45) is 5.92 Å². The minimum absolute atomic E-state index is 0.0579. The summed E-state index contributed by atoms with van der Waals surface area (Å²) in [6.45, 7) is 4.56. The van der Waals surface area contributed by atoms with Crippen LogP contribution in [0.4, 0.5) is 0 Å². The minimum Gasteiger partial charge on any atom is -0.285 e. The average Bonchev–Trinajstić information content (AvgIpc) is 2.41. The normalized spacial score (nSPS) is 42.2. The van der Waals surface area contributed by atoms with Gasteiger partial charge in [0.25, 0.3) is 0 Å². The highest BCUT2D eigenvalue weighted by Gasteiger charge is 2.45. The van der Waals surface area contributed by atoms with Crippen LogP contribution in [0.25, 0.3) is 0 Å². The molecule has 12 heavy (non-hydrogen) atoms. The molecule has 2 saturated heterocycles. The number of hydrogen-bond acceptors (Lipinski definition) is 2. The highest BCUT2D eigenvalue weighted by atomic mass is 15.2. The molecule has 0 aliphatic carbocycles. The molecule has 2 heteroatoms. The van der Waals surface area contributed by atoms with Gasteiger partial charge in [-0.2, -0.15) is 5.26 Å². The van der Waals surface area contributed by atoms with E-state index in [2.05, 4.69) is 17.9 Å². The third kappa shape index (κ3) is 1.04. The fraction of sp³-hybridized carbons (Fsp3) is 0.900. The van der Waals surface area contributed by atoms with Crippen LogP contribution in [-0.2, 0) is 0 Å². The van der Waals surface area contributed by atoms with E-state index in [-0.39, 0.29) is 5.54 Å². The van der Waals surface area contributed by atoms with Crippen LogP contribution in [0.1, 0.15) is 32.6 Å². The SMILES string of the molecule is CC1CN2CCCCC2(C#N)C1. The van der Waals surface area contributed by atoms with Crippen molar-refractivity contribution in [1.29, 1.82) is 5.26 Å². The van der Waals surface area contributed by atoms with Gasteiger partial charge in [0.1, 0.15) is 5.54 Å². The van der Waals surface area contributed by atoms with Gasteiger partial charge in [-0.1, -0.05) is 6.92 Å². The fourth-order valence-corrected chi connectivity index (χ4v) is 2.78. The first-order chi connectivity index (χ1) is 5.77. The van der Waals surface area contributed by atoms with Gasteiger partial charge in [0.05, 0.1) is 6.07 Å². The monoisotopic (exact) mass is 164 g/mol. The number of rotatable bonds is 0. The summed E-state index contributed by atoms with van der Waals surface area (Å²) in [4.78, 5) is 2.40. The van der Waals surface area contributed by atoms with Crippen LogP contribution < -0.4 is 0 Å². The maximum absolute atomic E-state index is 9.18. The lowest BCUT2D eigenvalue weighted by Crippen LogP contribution is -2.45. The van der Waals surface area contributed by atoms with Gasteiger partial charge >= 0.3 is 0 Å². The maximum Gasteiger partial charge on any atom is 0.109 e. The smallest absolute Gasteiger partial charge is 0.109 e. The van der Waals surface area contributed by atoms with E-state index in [0.29, 0.717) is 0 Å². The van der Waals surface area contributed by atoms with Gasteiger partial charge in [0.15, 0.2) is 0 Å². The molecule has 0 amide bonds. The molecule has 0 radical (unpaired) electrons. The van der Waals surface area contributed by atoms with Gasteiger partial charge < -0.3 is 0 Å². The Hall–Kier alpha value is -0.550. The second-order valence-electron chi connectivity index (χ2n) is 4.36. The molecule has 2 unspecified atom stereocenters. The van der Waals surface area contributed by atoms with Crippen LogP contribution in [0.3, 0.4) is 0 Å². The quantitative estimate of drug-likeness (QED) is 0.545. The largest absolute Gasteiger partial charge is 0.285 e. The Morgan fingerprint density at radius 2 is 2.33 bits per heavy atom. The summed E-state index contributed by atoms with van der Waals surface area (Å²) >= 11 is 0. The van der Waals surface area contributed by atoms with Crippen molar-refractivity contribution in [3.05, 3.63) is 0 Å². The molecule has 0 saturated carbocycles. The van der Waals surface area contributed by atoms with Crippen LogP contribution in [0.5, 0.6) is 0 Å². The molecule has 66 valence electrons. The molecule has 0 bridgehead atoms. The lowest BCUT2D eigenvalue weighted by Gasteiger charge is -2.36. The van der Waals surface area contributed by atoms with Gasteiger partial charge in [-0.05, 0) is 38.1 Å². The molecule has 0 aromatic carbocycles. The van der Waals surface area contributed by atoms with Crippen molar-refractivity contribution in [3.63, 3.8) is 0 Å². The van der Waals surface area contributed by atoms with E-state index >= 15 is 0 Å². The third-order valence-corrected chi connectivity index (χ3v) is 3.30. The summed E-state index contributed by atoms with van der Waals surface area (Å²) < 4.78 is 0. The Bertz CT molecular complexity index is 218. The summed E-state index contributed by atoms with van der Waals surface area (Å²) in [6.07, 6.45) is 4.74. The maximum atomic E-state index is 9.18. The molecule has 2 heterocycles. The van der Waals surface area contributed by atoms with Crippen LogP contribution in [0.2, 0.25) is 0 Å². The second-order valence-corrected chi connectivity index (χ2v) is 4.36. The van der Waals surface area contributed by atoms with Gasteiger partial charge in [-0.15, -0.1) is 0 Å². The first-order valence-corrected chi connectivity index (χ1v) is 4.93. The van der Waals surface area contributed by atoms with Crippen molar-refractivity contribution in [2.75, 3.05) is 13.1 Å². The molecular weight excluding hydrogens is 148 g/mol. The third-order valence-electron chi connectivity index (χ3n) is 3.30. The first-order valence-electron chi connectivity index (χ1n) is 4.93. The molecule has 0 aromatic rings. The van der Waals surface area contributed by atoms with Gasteiger partial charge in [-0.25, -0.2) is 0 Å². The van der Waals surface area contributed by atoms with Crippen molar-refractivity contribution < 1.29 is 0 Å². The standard InChI is InChI=1S/C10H16N2/c1-9-6-10(8-11)4-2-3-5-12(10)7-9/h9H,2-7H2,1H3. The zero-order valence-electron chi connectivity index (χ0n) is 7.71. The summed E-state index contributed by atoms with van der Waals surface area (Å²) in [7, 11) is 0. The van der Waals surface area contributed by atoms with Gasteiger partial charge in [0.2, 0.25) is 0 Å². The Labute approximate surface area is 74.2 Å². The number of nitrogens with zero attached hydrogens (tertiary/aromatic N) is 2. The Balaban J connectivity index is 2.21. The molecule has 2 aliphatic heterocycles. The van der Waals surface area contributed by atoms with E-state index < -0.39 is 0 Å². The minimum atomic E-state index is -0.0579. The van der Waals surface area contributed by atoms with Crippen LogP contribution >= 0.6 is 0 Å². The Morgan fingerprint density at radius 1 is 1.50 bits per heavy atom. The average molecular weight is 164 g/mol. The molecule has 0 aromatic heterocycles. The zero-order chi connectivity index (χ0) is 8.60. The van der Waals surface area contributed by atoms with Crippen molar-refractivity contribution in [2.45, 2.75) is 38.1 Å². The van der Waals surface area contributed by atoms with E-state index in [9.17, 15) is 5.26 Å². The lowest BCUT2D eigenvalue weighted by atomic mass is 9.86. The lowest BCUT2D eigenvalue weighted by molar-refractivity contribution is 0.140. The number of fused-ring (bicyclic) bond motifs is 1. The van der Waals surface area contributed by atoms with E-state index in [4.69, 9.17) is 0 Å². The van der Waals surface area contributed by atoms with E-state index in [1.54, 1.807) is 0 Å². The van der Waals surface area contributed by atoms with E-state index in [0.717, 1.165) is 31.8 Å². The molecule has 2 nitrogen and oxygen atoms in total. The molecule has 2 rings (SSSR count). The summed E-state index contributed by atoms with van der Waals surface area (Å²) in [6, 6.07) is 2.54. The van der Waals surface area contributed by atoms with Crippen LogP contribution in [-0.4, -0.2) is 23.5 Å². The van der Waals surface area contributed by atoms with E-state index in [1.807, 2.05) is 0 Å². The molecule has 0 spiro atoms. The summed E-state index contributed by atoms with van der Waals surface area (Å²) in [5.74, 6) is 0.725. The summed E-state index contributed by atoms with van der Waals surface area (Å²) in [5, 5.41) is 9.18. The van der Waals surface area contributed by atoms with Crippen molar-refractivity contribution >= 4 is 0 Å². The molecule has 2 atom stereocenters. The number of hydrogen-bond donors (Lipinski definition) is 0. The Morgan fingerprint density at radius 3 is 3.00 bits per heavy atom. The summed E-state index contributed by atoms with van der Waals surface area (Å²) in [5.41, 5.74) is -0.0579. The van der Waals surface area contributed by atoms with Gasteiger partial charge in [-0.3, -0.25) is 4.90 Å². The molecule has 2 aliphatic rings. The Kier molecular flexibility index (Phi) is 1.84. The van der Waals surface area contributed by atoms with Crippen molar-refractivity contribution in [1.82, 2.24) is 4.90 Å². The predicted octanol–water partition coefficient (Wildman–Crippen LogP) is 1.77. The number of nitriles is 1. The highest BCUT2D eigenvalue weighted by molar-refractivity contribution is 5.14. The fourth-order valence-electron chi connectivity index (χ4n) is 2.78. The van der Waals surface area contributed by atoms with Crippen LogP contribution in [0.15, 0.2) is 0 Å². The molecule has 0 N–H and O–H groups in total. The first kappa shape index (κ1) is 8.07. The van der Waals surface area contributed by atoms with E-state index in [1.165, 1.54) is 12.8 Å². The topological polar surface area (TPSA) is 27.0 Å².